The standard InChI is InChI=1S/C24H18N4O3S/c25-11-18(22(30)26-12-16-7-3-1-4-8-16)20(29)13-31-23-21-19(17-9-5-2-6-10-17)14-32-24(21)28-15-27-23/h1-10,14-15,29H,12-13H2,(H,26,30)/b20-18-. The zero-order valence-corrected chi connectivity index (χ0v) is 17.7. The van der Waals surface area contributed by atoms with Gasteiger partial charge in [0.1, 0.15) is 23.8 Å². The molecule has 8 heteroatoms. The van der Waals surface area contributed by atoms with E-state index in [2.05, 4.69) is 15.3 Å². The maximum absolute atomic E-state index is 12.4. The summed E-state index contributed by atoms with van der Waals surface area (Å²) in [5, 5.41) is 25.1. The Morgan fingerprint density at radius 3 is 2.53 bits per heavy atom. The van der Waals surface area contributed by atoms with Crippen LogP contribution in [-0.4, -0.2) is 27.6 Å². The Bertz CT molecular complexity index is 1310. The molecule has 4 aromatic rings. The summed E-state index contributed by atoms with van der Waals surface area (Å²) in [6.07, 6.45) is 1.38. The molecule has 0 aliphatic heterocycles. The van der Waals surface area contributed by atoms with Crippen LogP contribution >= 0.6 is 11.3 Å². The summed E-state index contributed by atoms with van der Waals surface area (Å²) in [4.78, 5) is 21.6. The molecule has 2 N–H and O–H groups in total. The van der Waals surface area contributed by atoms with Crippen LogP contribution in [0.15, 0.2) is 83.7 Å². The number of ether oxygens (including phenoxy) is 1. The summed E-state index contributed by atoms with van der Waals surface area (Å²) in [6, 6.07) is 20.8. The number of carbonyl (C=O) groups is 1. The normalized spacial score (nSPS) is 11.5. The van der Waals surface area contributed by atoms with Crippen molar-refractivity contribution in [1.82, 2.24) is 15.3 Å². The molecular formula is C24H18N4O3S. The third-order valence-electron chi connectivity index (χ3n) is 4.69. The molecule has 0 saturated carbocycles. The summed E-state index contributed by atoms with van der Waals surface area (Å²) in [7, 11) is 0. The SMILES string of the molecule is N#C/C(C(=O)NCc1ccccc1)=C(/O)COc1ncnc2scc(-c3ccccc3)c12. The number of hydrogen-bond acceptors (Lipinski definition) is 7. The van der Waals surface area contributed by atoms with E-state index in [0.717, 1.165) is 21.5 Å². The monoisotopic (exact) mass is 442 g/mol. The summed E-state index contributed by atoms with van der Waals surface area (Å²) in [5.41, 5.74) is 2.37. The molecule has 0 aliphatic rings. The molecule has 0 spiro atoms. The lowest BCUT2D eigenvalue weighted by Gasteiger charge is -2.09. The fourth-order valence-corrected chi connectivity index (χ4v) is 4.02. The van der Waals surface area contributed by atoms with Crippen LogP contribution in [0.4, 0.5) is 0 Å². The summed E-state index contributed by atoms with van der Waals surface area (Å²) in [5.74, 6) is -0.879. The Morgan fingerprint density at radius 1 is 1.09 bits per heavy atom. The molecule has 2 aromatic carbocycles. The van der Waals surface area contributed by atoms with E-state index in [0.29, 0.717) is 5.39 Å². The molecule has 2 aromatic heterocycles. The van der Waals surface area contributed by atoms with Gasteiger partial charge in [0, 0.05) is 17.5 Å². The number of nitriles is 1. The molecule has 0 radical (unpaired) electrons. The number of benzene rings is 2. The molecule has 1 amide bonds. The van der Waals surface area contributed by atoms with Gasteiger partial charge in [-0.1, -0.05) is 60.7 Å². The predicted octanol–water partition coefficient (Wildman–Crippen LogP) is 4.39. The maximum Gasteiger partial charge on any atom is 0.265 e. The molecule has 0 aliphatic carbocycles. The highest BCUT2D eigenvalue weighted by atomic mass is 32.1. The Morgan fingerprint density at radius 2 is 1.81 bits per heavy atom. The van der Waals surface area contributed by atoms with E-state index >= 15 is 0 Å². The molecule has 0 saturated heterocycles. The number of amides is 1. The van der Waals surface area contributed by atoms with Gasteiger partial charge in [0.25, 0.3) is 5.91 Å². The Kier molecular flexibility index (Phi) is 6.39. The predicted molar refractivity (Wildman–Crippen MR) is 122 cm³/mol. The van der Waals surface area contributed by atoms with Crippen molar-refractivity contribution in [3.05, 3.63) is 89.3 Å². The zero-order chi connectivity index (χ0) is 22.3. The van der Waals surface area contributed by atoms with Crippen molar-refractivity contribution in [3.8, 4) is 23.1 Å². The molecule has 0 bridgehead atoms. The lowest BCUT2D eigenvalue weighted by Crippen LogP contribution is -2.25. The number of aliphatic hydroxyl groups excluding tert-OH is 1. The largest absolute Gasteiger partial charge is 0.507 e. The summed E-state index contributed by atoms with van der Waals surface area (Å²) >= 11 is 1.46. The second kappa shape index (κ2) is 9.73. The van der Waals surface area contributed by atoms with Crippen molar-refractivity contribution >= 4 is 27.5 Å². The fourth-order valence-electron chi connectivity index (χ4n) is 3.11. The van der Waals surface area contributed by atoms with E-state index < -0.39 is 17.2 Å². The van der Waals surface area contributed by atoms with Crippen molar-refractivity contribution in [2.75, 3.05) is 6.61 Å². The molecule has 2 heterocycles. The van der Waals surface area contributed by atoms with E-state index in [-0.39, 0.29) is 19.0 Å². The third kappa shape index (κ3) is 4.58. The first-order chi connectivity index (χ1) is 15.7. The maximum atomic E-state index is 12.4. The molecule has 4 rings (SSSR count). The molecule has 32 heavy (non-hydrogen) atoms. The van der Waals surface area contributed by atoms with Crippen LogP contribution in [0.25, 0.3) is 21.3 Å². The molecule has 158 valence electrons. The number of fused-ring (bicyclic) bond motifs is 1. The van der Waals surface area contributed by atoms with Gasteiger partial charge >= 0.3 is 0 Å². The Hall–Kier alpha value is -4.22. The van der Waals surface area contributed by atoms with Crippen LogP contribution in [0.3, 0.4) is 0 Å². The number of aromatic nitrogens is 2. The van der Waals surface area contributed by atoms with Crippen molar-refractivity contribution < 1.29 is 14.6 Å². The topological polar surface area (TPSA) is 108 Å². The molecule has 0 fully saturated rings. The van der Waals surface area contributed by atoms with Gasteiger partial charge in [-0.05, 0) is 11.1 Å². The molecule has 0 atom stereocenters. The fraction of sp³-hybridized carbons (Fsp3) is 0.0833. The quantitative estimate of drug-likeness (QED) is 0.250. The van der Waals surface area contributed by atoms with E-state index in [1.165, 1.54) is 17.7 Å². The highest BCUT2D eigenvalue weighted by Crippen LogP contribution is 2.37. The number of thiophene rings is 1. The smallest absolute Gasteiger partial charge is 0.265 e. The molecule has 0 unspecified atom stereocenters. The average molecular weight is 443 g/mol. The van der Waals surface area contributed by atoms with Gasteiger partial charge in [-0.3, -0.25) is 4.79 Å². The van der Waals surface area contributed by atoms with E-state index in [1.54, 1.807) is 6.07 Å². The molecule has 7 nitrogen and oxygen atoms in total. The van der Waals surface area contributed by atoms with Gasteiger partial charge in [-0.25, -0.2) is 9.97 Å². The minimum Gasteiger partial charge on any atom is -0.507 e. The van der Waals surface area contributed by atoms with Gasteiger partial charge < -0.3 is 15.2 Å². The Balaban J connectivity index is 1.53. The number of rotatable bonds is 7. The van der Waals surface area contributed by atoms with Crippen LogP contribution in [0.5, 0.6) is 5.88 Å². The number of nitrogens with one attached hydrogen (secondary N) is 1. The van der Waals surface area contributed by atoms with Gasteiger partial charge in [-0.2, -0.15) is 5.26 Å². The van der Waals surface area contributed by atoms with Crippen LogP contribution in [-0.2, 0) is 11.3 Å². The van der Waals surface area contributed by atoms with Crippen molar-refractivity contribution in [3.63, 3.8) is 0 Å². The number of hydrogen-bond donors (Lipinski definition) is 2. The first-order valence-corrected chi connectivity index (χ1v) is 10.6. The van der Waals surface area contributed by atoms with Gasteiger partial charge in [0.2, 0.25) is 5.88 Å². The molecular weight excluding hydrogens is 424 g/mol. The minimum atomic E-state index is -0.675. The van der Waals surface area contributed by atoms with E-state index in [4.69, 9.17) is 4.74 Å². The van der Waals surface area contributed by atoms with E-state index in [9.17, 15) is 15.2 Å². The first-order valence-electron chi connectivity index (χ1n) is 9.72. The van der Waals surface area contributed by atoms with Crippen molar-refractivity contribution in [2.24, 2.45) is 0 Å². The zero-order valence-electron chi connectivity index (χ0n) is 16.9. The number of nitrogens with zero attached hydrogens (tertiary/aromatic N) is 3. The lowest BCUT2D eigenvalue weighted by atomic mass is 10.1. The second-order valence-electron chi connectivity index (χ2n) is 6.76. The van der Waals surface area contributed by atoms with Crippen molar-refractivity contribution in [2.45, 2.75) is 6.54 Å². The Labute approximate surface area is 188 Å². The summed E-state index contributed by atoms with van der Waals surface area (Å²) in [6.45, 7) is -0.140. The number of aliphatic hydroxyl groups is 1. The van der Waals surface area contributed by atoms with Gasteiger partial charge in [0.05, 0.1) is 5.39 Å². The van der Waals surface area contributed by atoms with Crippen LogP contribution in [0, 0.1) is 11.3 Å². The average Bonchev–Trinajstić information content (AvgIpc) is 3.28. The highest BCUT2D eigenvalue weighted by Gasteiger charge is 2.18. The van der Waals surface area contributed by atoms with Crippen LogP contribution in [0.2, 0.25) is 0 Å². The summed E-state index contributed by atoms with van der Waals surface area (Å²) < 4.78 is 5.71. The minimum absolute atomic E-state index is 0.237. The number of carbonyl (C=O) groups excluding carboxylic acids is 1. The van der Waals surface area contributed by atoms with Crippen molar-refractivity contribution in [1.29, 1.82) is 5.26 Å². The van der Waals surface area contributed by atoms with Crippen LogP contribution < -0.4 is 10.1 Å². The highest BCUT2D eigenvalue weighted by molar-refractivity contribution is 7.17. The van der Waals surface area contributed by atoms with Gasteiger partial charge in [-0.15, -0.1) is 11.3 Å². The third-order valence-corrected chi connectivity index (χ3v) is 5.58. The van der Waals surface area contributed by atoms with E-state index in [1.807, 2.05) is 66.0 Å². The van der Waals surface area contributed by atoms with Gasteiger partial charge in [0.15, 0.2) is 11.3 Å². The first kappa shape index (κ1) is 21.0. The second-order valence-corrected chi connectivity index (χ2v) is 7.62. The lowest BCUT2D eigenvalue weighted by molar-refractivity contribution is -0.117. The van der Waals surface area contributed by atoms with Crippen LogP contribution in [0.1, 0.15) is 5.56 Å².